The molecule has 1 aromatic carbocycles. The van der Waals surface area contributed by atoms with Gasteiger partial charge in [0.05, 0.1) is 5.92 Å². The molecule has 2 heterocycles. The number of hydrogen-bond donors (Lipinski definition) is 2. The lowest BCUT2D eigenvalue weighted by molar-refractivity contribution is -0.145. The summed E-state index contributed by atoms with van der Waals surface area (Å²) in [6, 6.07) is 9.88. The molecule has 2 aromatic rings. The highest BCUT2D eigenvalue weighted by atomic mass is 32.1. The molecule has 3 rings (SSSR count). The molecule has 0 radical (unpaired) electrons. The Bertz CT molecular complexity index is 795. The summed E-state index contributed by atoms with van der Waals surface area (Å²) in [5.41, 5.74) is 1.18. The van der Waals surface area contributed by atoms with E-state index in [2.05, 4.69) is 34.6 Å². The number of amides is 2. The molecule has 1 aliphatic heterocycles. The monoisotopic (exact) mass is 388 g/mol. The smallest absolute Gasteiger partial charge is 0.323 e. The highest BCUT2D eigenvalue weighted by Crippen LogP contribution is 2.32. The fourth-order valence-electron chi connectivity index (χ4n) is 3.53. The lowest BCUT2D eigenvalue weighted by Crippen LogP contribution is -2.46. The lowest BCUT2D eigenvalue weighted by atomic mass is 9.87. The van der Waals surface area contributed by atoms with Crippen molar-refractivity contribution in [2.45, 2.75) is 32.6 Å². The number of anilines is 1. The van der Waals surface area contributed by atoms with Gasteiger partial charge in [0, 0.05) is 19.0 Å². The fraction of sp³-hybridized carbons (Fsp3) is 0.474. The zero-order chi connectivity index (χ0) is 19.4. The number of carbonyl (C=O) groups is 2. The van der Waals surface area contributed by atoms with Crippen LogP contribution in [0.2, 0.25) is 0 Å². The molecule has 1 aliphatic rings. The number of aliphatic carboxylic acids is 1. The summed E-state index contributed by atoms with van der Waals surface area (Å²) in [4.78, 5) is 25.4. The van der Waals surface area contributed by atoms with Crippen LogP contribution in [0.25, 0.3) is 0 Å². The topological polar surface area (TPSA) is 95.4 Å². The number of carboxylic acid groups (broad SMARTS) is 1. The van der Waals surface area contributed by atoms with Crippen molar-refractivity contribution < 1.29 is 14.7 Å². The Morgan fingerprint density at radius 3 is 2.70 bits per heavy atom. The molecule has 7 nitrogen and oxygen atoms in total. The van der Waals surface area contributed by atoms with Gasteiger partial charge in [0.25, 0.3) is 0 Å². The standard InChI is InChI=1S/C19H24N4O3S/c1-3-14(13-7-5-4-6-8-13)16-21-22-18(27-16)20-19(26)23-10-9-15(17(24)25)12(2)11-23/h4-8,12,14-15H,3,9-11H2,1-2H3,(H,24,25)(H,20,22,26). The maximum Gasteiger partial charge on any atom is 0.323 e. The maximum atomic E-state index is 12.5. The summed E-state index contributed by atoms with van der Waals surface area (Å²) in [6.07, 6.45) is 1.37. The van der Waals surface area contributed by atoms with Crippen molar-refractivity contribution in [2.24, 2.45) is 11.8 Å². The third kappa shape index (κ3) is 4.44. The molecule has 0 spiro atoms. The van der Waals surface area contributed by atoms with Crippen molar-refractivity contribution in [3.05, 3.63) is 40.9 Å². The van der Waals surface area contributed by atoms with Gasteiger partial charge in [0.1, 0.15) is 5.01 Å². The first-order chi connectivity index (χ1) is 13.0. The first-order valence-electron chi connectivity index (χ1n) is 9.16. The molecule has 0 saturated carbocycles. The van der Waals surface area contributed by atoms with Gasteiger partial charge in [0.15, 0.2) is 0 Å². The highest BCUT2D eigenvalue weighted by Gasteiger charge is 2.33. The molecule has 0 bridgehead atoms. The van der Waals surface area contributed by atoms with Crippen LogP contribution in [0.15, 0.2) is 30.3 Å². The predicted octanol–water partition coefficient (Wildman–Crippen LogP) is 3.65. The van der Waals surface area contributed by atoms with E-state index in [1.807, 2.05) is 25.1 Å². The van der Waals surface area contributed by atoms with Gasteiger partial charge in [-0.2, -0.15) is 0 Å². The van der Waals surface area contributed by atoms with Gasteiger partial charge in [-0.3, -0.25) is 10.1 Å². The molecule has 2 N–H and O–H groups in total. The number of likely N-dealkylation sites (tertiary alicyclic amines) is 1. The molecular weight excluding hydrogens is 364 g/mol. The van der Waals surface area contributed by atoms with Gasteiger partial charge in [-0.1, -0.05) is 55.5 Å². The van der Waals surface area contributed by atoms with Gasteiger partial charge >= 0.3 is 12.0 Å². The van der Waals surface area contributed by atoms with E-state index in [9.17, 15) is 14.7 Å². The molecule has 1 saturated heterocycles. The van der Waals surface area contributed by atoms with E-state index in [1.54, 1.807) is 4.90 Å². The van der Waals surface area contributed by atoms with Crippen LogP contribution in [0.5, 0.6) is 0 Å². The normalized spacial score (nSPS) is 20.9. The quantitative estimate of drug-likeness (QED) is 0.815. The van der Waals surface area contributed by atoms with Gasteiger partial charge in [-0.25, -0.2) is 4.79 Å². The van der Waals surface area contributed by atoms with Gasteiger partial charge < -0.3 is 10.0 Å². The van der Waals surface area contributed by atoms with Gasteiger partial charge in [-0.05, 0) is 24.3 Å². The predicted molar refractivity (Wildman–Crippen MR) is 104 cm³/mol. The first kappa shape index (κ1) is 19.3. The van der Waals surface area contributed by atoms with Crippen molar-refractivity contribution >= 4 is 28.5 Å². The van der Waals surface area contributed by atoms with E-state index in [0.29, 0.717) is 24.6 Å². The minimum atomic E-state index is -0.789. The van der Waals surface area contributed by atoms with E-state index in [-0.39, 0.29) is 17.9 Å². The Balaban J connectivity index is 1.64. The number of benzene rings is 1. The SMILES string of the molecule is CCC(c1ccccc1)c1nnc(NC(=O)N2CCC(C(=O)O)C(C)C2)s1. The second-order valence-corrected chi connectivity index (χ2v) is 7.91. The van der Waals surface area contributed by atoms with Crippen molar-refractivity contribution in [3.8, 4) is 0 Å². The maximum absolute atomic E-state index is 12.5. The van der Waals surface area contributed by atoms with E-state index >= 15 is 0 Å². The average Bonchev–Trinajstić information content (AvgIpc) is 3.11. The average molecular weight is 388 g/mol. The van der Waals surface area contributed by atoms with Crippen molar-refractivity contribution in [3.63, 3.8) is 0 Å². The fourth-order valence-corrected chi connectivity index (χ4v) is 4.48. The van der Waals surface area contributed by atoms with E-state index in [1.165, 1.54) is 16.9 Å². The van der Waals surface area contributed by atoms with Crippen LogP contribution in [-0.4, -0.2) is 45.3 Å². The van der Waals surface area contributed by atoms with E-state index in [0.717, 1.165) is 11.4 Å². The highest BCUT2D eigenvalue weighted by molar-refractivity contribution is 7.15. The zero-order valence-electron chi connectivity index (χ0n) is 15.5. The van der Waals surface area contributed by atoms with Crippen LogP contribution in [0.3, 0.4) is 0 Å². The van der Waals surface area contributed by atoms with Crippen LogP contribution < -0.4 is 5.32 Å². The minimum absolute atomic E-state index is 0.0745. The number of piperidine rings is 1. The molecular formula is C19H24N4O3S. The molecule has 8 heteroatoms. The summed E-state index contributed by atoms with van der Waals surface area (Å²) in [5, 5.41) is 21.8. The number of nitrogens with zero attached hydrogens (tertiary/aromatic N) is 3. The van der Waals surface area contributed by atoms with Crippen molar-refractivity contribution in [2.75, 3.05) is 18.4 Å². The lowest BCUT2D eigenvalue weighted by Gasteiger charge is -2.34. The van der Waals surface area contributed by atoms with Crippen LogP contribution in [-0.2, 0) is 4.79 Å². The third-order valence-electron chi connectivity index (χ3n) is 5.07. The van der Waals surface area contributed by atoms with Crippen LogP contribution in [0.1, 0.15) is 43.2 Å². The van der Waals surface area contributed by atoms with E-state index < -0.39 is 11.9 Å². The summed E-state index contributed by atoms with van der Waals surface area (Å²) in [5.74, 6) is -1.10. The molecule has 3 atom stereocenters. The Hall–Kier alpha value is -2.48. The number of carbonyl (C=O) groups excluding carboxylic acids is 1. The third-order valence-corrected chi connectivity index (χ3v) is 6.02. The van der Waals surface area contributed by atoms with E-state index in [4.69, 9.17) is 0 Å². The van der Waals surface area contributed by atoms with Crippen molar-refractivity contribution in [1.29, 1.82) is 0 Å². The number of nitrogens with one attached hydrogen (secondary N) is 1. The summed E-state index contributed by atoms with van der Waals surface area (Å²) in [7, 11) is 0. The Morgan fingerprint density at radius 2 is 2.07 bits per heavy atom. The molecule has 27 heavy (non-hydrogen) atoms. The Kier molecular flexibility index (Phi) is 6.05. The number of aromatic nitrogens is 2. The molecule has 3 unspecified atom stereocenters. The molecule has 1 fully saturated rings. The molecule has 2 amide bonds. The summed E-state index contributed by atoms with van der Waals surface area (Å²) < 4.78 is 0. The Morgan fingerprint density at radius 1 is 1.33 bits per heavy atom. The zero-order valence-corrected chi connectivity index (χ0v) is 16.3. The summed E-state index contributed by atoms with van der Waals surface area (Å²) >= 11 is 1.38. The largest absolute Gasteiger partial charge is 0.481 e. The first-order valence-corrected chi connectivity index (χ1v) is 9.98. The van der Waals surface area contributed by atoms with Crippen LogP contribution >= 0.6 is 11.3 Å². The number of urea groups is 1. The molecule has 1 aromatic heterocycles. The second kappa shape index (κ2) is 8.47. The number of carboxylic acids is 1. The van der Waals surface area contributed by atoms with Crippen LogP contribution in [0, 0.1) is 11.8 Å². The van der Waals surface area contributed by atoms with Crippen LogP contribution in [0.4, 0.5) is 9.93 Å². The second-order valence-electron chi connectivity index (χ2n) is 6.90. The van der Waals surface area contributed by atoms with Gasteiger partial charge in [-0.15, -0.1) is 10.2 Å². The Labute approximate surface area is 162 Å². The number of rotatable bonds is 5. The number of hydrogen-bond acceptors (Lipinski definition) is 5. The van der Waals surface area contributed by atoms with Gasteiger partial charge in [0.2, 0.25) is 5.13 Å². The molecule has 0 aliphatic carbocycles. The summed E-state index contributed by atoms with van der Waals surface area (Å²) in [6.45, 7) is 4.83. The minimum Gasteiger partial charge on any atom is -0.481 e. The molecule has 144 valence electrons. The van der Waals surface area contributed by atoms with Crippen molar-refractivity contribution in [1.82, 2.24) is 15.1 Å².